The van der Waals surface area contributed by atoms with Gasteiger partial charge in [-0.2, -0.15) is 0 Å². The van der Waals surface area contributed by atoms with E-state index in [1.165, 1.54) is 193 Å². The molecule has 0 saturated carbocycles. The molecule has 0 bridgehead atoms. The molecule has 0 fully saturated rings. The number of nitrogens with zero attached hydrogens (tertiary/aromatic N) is 3. The van der Waals surface area contributed by atoms with Crippen LogP contribution in [0.4, 0.5) is 0 Å². The summed E-state index contributed by atoms with van der Waals surface area (Å²) in [4.78, 5) is 32.4. The van der Waals surface area contributed by atoms with Crippen LogP contribution in [0.3, 0.4) is 0 Å². The van der Waals surface area contributed by atoms with Gasteiger partial charge >= 0.3 is 11.9 Å². The molecular formula is C51H103N3O4. The van der Waals surface area contributed by atoms with Crippen molar-refractivity contribution < 1.29 is 19.1 Å². The largest absolute Gasteiger partial charge is 0.464 e. The molecule has 0 aromatic carbocycles. The van der Waals surface area contributed by atoms with E-state index in [4.69, 9.17) is 9.47 Å². The molecule has 7 heteroatoms. The van der Waals surface area contributed by atoms with Gasteiger partial charge in [0.2, 0.25) is 0 Å². The van der Waals surface area contributed by atoms with Crippen molar-refractivity contribution in [3.05, 3.63) is 0 Å². The summed E-state index contributed by atoms with van der Waals surface area (Å²) < 4.78 is 11.3. The van der Waals surface area contributed by atoms with Crippen LogP contribution < -0.4 is 0 Å². The molecule has 0 radical (unpaired) electrons. The van der Waals surface area contributed by atoms with Gasteiger partial charge in [0.25, 0.3) is 0 Å². The fourth-order valence-electron chi connectivity index (χ4n) is 8.07. The van der Waals surface area contributed by atoms with Gasteiger partial charge in [0, 0.05) is 25.9 Å². The zero-order valence-electron chi connectivity index (χ0n) is 40.1. The number of carbonyl (C=O) groups is 2. The van der Waals surface area contributed by atoms with E-state index >= 15 is 0 Å². The van der Waals surface area contributed by atoms with E-state index in [1.54, 1.807) is 0 Å². The van der Waals surface area contributed by atoms with Crippen LogP contribution in [-0.4, -0.2) is 98.8 Å². The van der Waals surface area contributed by atoms with Crippen LogP contribution in [0.15, 0.2) is 0 Å². The molecule has 0 atom stereocenters. The molecular weight excluding hydrogens is 719 g/mol. The highest BCUT2D eigenvalue weighted by Gasteiger charge is 2.10. The number of hydrogen-bond donors (Lipinski definition) is 0. The molecule has 0 aliphatic heterocycles. The van der Waals surface area contributed by atoms with E-state index in [9.17, 15) is 9.59 Å². The summed E-state index contributed by atoms with van der Waals surface area (Å²) in [6.45, 7) is 22.5. The van der Waals surface area contributed by atoms with Gasteiger partial charge < -0.3 is 14.4 Å². The van der Waals surface area contributed by atoms with Gasteiger partial charge in [0.05, 0.1) is 0 Å². The molecule has 0 aromatic heterocycles. The van der Waals surface area contributed by atoms with Gasteiger partial charge in [-0.1, -0.05) is 176 Å². The molecule has 0 saturated heterocycles. The predicted molar refractivity (Wildman–Crippen MR) is 252 cm³/mol. The first-order valence-electron chi connectivity index (χ1n) is 26.0. The van der Waals surface area contributed by atoms with Crippen molar-refractivity contribution >= 4 is 11.9 Å². The lowest BCUT2D eigenvalue weighted by Gasteiger charge is -2.22. The van der Waals surface area contributed by atoms with Crippen molar-refractivity contribution in [2.45, 2.75) is 247 Å². The van der Waals surface area contributed by atoms with E-state index < -0.39 is 0 Å². The molecule has 0 rings (SSSR count). The summed E-state index contributed by atoms with van der Waals surface area (Å²) in [5.41, 5.74) is 0. The average molecular weight is 822 g/mol. The Hall–Kier alpha value is -1.18. The molecule has 0 heterocycles. The summed E-state index contributed by atoms with van der Waals surface area (Å²) >= 11 is 0. The highest BCUT2D eigenvalue weighted by atomic mass is 16.5. The molecule has 58 heavy (non-hydrogen) atoms. The summed E-state index contributed by atoms with van der Waals surface area (Å²) in [6.07, 6.45) is 40.2. The van der Waals surface area contributed by atoms with Crippen molar-refractivity contribution in [3.63, 3.8) is 0 Å². The molecule has 0 spiro atoms. The number of carbonyl (C=O) groups excluding carboxylic acids is 2. The van der Waals surface area contributed by atoms with Crippen LogP contribution in [0.5, 0.6) is 0 Å². The first-order valence-corrected chi connectivity index (χ1v) is 26.0. The van der Waals surface area contributed by atoms with Gasteiger partial charge in [0.1, 0.15) is 13.2 Å². The average Bonchev–Trinajstić information content (AvgIpc) is 3.22. The lowest BCUT2D eigenvalue weighted by molar-refractivity contribution is -0.145. The Bertz CT molecular complexity index is 755. The molecule has 0 aliphatic rings. The maximum absolute atomic E-state index is 12.3. The highest BCUT2D eigenvalue weighted by Crippen LogP contribution is 2.13. The van der Waals surface area contributed by atoms with Crippen LogP contribution in [-0.2, 0) is 19.1 Å². The van der Waals surface area contributed by atoms with Gasteiger partial charge in [-0.25, -0.2) is 0 Å². The zero-order chi connectivity index (χ0) is 42.4. The Balaban J connectivity index is 3.85. The maximum atomic E-state index is 12.3. The van der Waals surface area contributed by atoms with Crippen LogP contribution in [0, 0.1) is 0 Å². The number of hydrogen-bond acceptors (Lipinski definition) is 7. The molecule has 0 aliphatic carbocycles. The third-order valence-corrected chi connectivity index (χ3v) is 11.9. The normalized spacial score (nSPS) is 11.7. The third kappa shape index (κ3) is 41.5. The second-order valence-electron chi connectivity index (χ2n) is 17.7. The molecule has 0 N–H and O–H groups in total. The Kier molecular flexibility index (Phi) is 45.9. The molecule has 0 unspecified atom stereocenters. The van der Waals surface area contributed by atoms with E-state index in [0.29, 0.717) is 26.1 Å². The summed E-state index contributed by atoms with van der Waals surface area (Å²) in [6, 6.07) is 0. The second-order valence-corrected chi connectivity index (χ2v) is 17.7. The molecule has 0 amide bonds. The highest BCUT2D eigenvalue weighted by molar-refractivity contribution is 5.69. The van der Waals surface area contributed by atoms with Crippen molar-refractivity contribution in [2.75, 3.05) is 72.1 Å². The number of rotatable bonds is 48. The van der Waals surface area contributed by atoms with E-state index in [2.05, 4.69) is 49.3 Å². The lowest BCUT2D eigenvalue weighted by atomic mass is 10.1. The Morgan fingerprint density at radius 1 is 0.276 bits per heavy atom. The third-order valence-electron chi connectivity index (χ3n) is 11.9. The minimum atomic E-state index is -0.00381. The van der Waals surface area contributed by atoms with Crippen molar-refractivity contribution in [3.8, 4) is 0 Å². The minimum absolute atomic E-state index is 0.00381. The standard InChI is InChI=1S/C51H103N3O4/c1-6-11-15-31-42-53(43-32-16-12-7-2)46-48-57-50(55)37-29-25-21-19-23-27-35-40-52(39-10-5)41-36-28-24-20-22-26-30-38-51(56)58-49-47-54(44-33-17-13-8-3)45-34-18-14-9-4/h6-49H2,1-5H3. The number of unbranched alkanes of at least 4 members (excludes halogenated alkanes) is 24. The summed E-state index contributed by atoms with van der Waals surface area (Å²) in [5.74, 6) is -0.00761. The molecule has 346 valence electrons. The van der Waals surface area contributed by atoms with Crippen LogP contribution in [0.25, 0.3) is 0 Å². The van der Waals surface area contributed by atoms with Gasteiger partial charge in [-0.15, -0.1) is 0 Å². The smallest absolute Gasteiger partial charge is 0.305 e. The van der Waals surface area contributed by atoms with Crippen molar-refractivity contribution in [1.29, 1.82) is 0 Å². The number of esters is 2. The topological polar surface area (TPSA) is 62.3 Å². The van der Waals surface area contributed by atoms with Crippen LogP contribution in [0.2, 0.25) is 0 Å². The molecule has 0 aromatic rings. The molecule has 7 nitrogen and oxygen atoms in total. The van der Waals surface area contributed by atoms with E-state index in [-0.39, 0.29) is 11.9 Å². The second kappa shape index (κ2) is 46.9. The van der Waals surface area contributed by atoms with Crippen LogP contribution >= 0.6 is 0 Å². The maximum Gasteiger partial charge on any atom is 0.305 e. The summed E-state index contributed by atoms with van der Waals surface area (Å²) in [7, 11) is 0. The van der Waals surface area contributed by atoms with Crippen LogP contribution in [0.1, 0.15) is 247 Å². The Labute approximate surface area is 363 Å². The Morgan fingerprint density at radius 3 is 0.793 bits per heavy atom. The first-order chi connectivity index (χ1) is 28.5. The number of ether oxygens (including phenoxy) is 2. The first kappa shape index (κ1) is 56.8. The monoisotopic (exact) mass is 822 g/mol. The quantitative estimate of drug-likeness (QED) is 0.0447. The fraction of sp³-hybridized carbons (Fsp3) is 0.961. The predicted octanol–water partition coefficient (Wildman–Crippen LogP) is 14.0. The van der Waals surface area contributed by atoms with E-state index in [0.717, 1.165) is 65.0 Å². The Morgan fingerprint density at radius 2 is 0.517 bits per heavy atom. The van der Waals surface area contributed by atoms with Crippen molar-refractivity contribution in [1.82, 2.24) is 14.7 Å². The van der Waals surface area contributed by atoms with Gasteiger partial charge in [0.15, 0.2) is 0 Å². The van der Waals surface area contributed by atoms with Gasteiger partial charge in [-0.05, 0) is 104 Å². The minimum Gasteiger partial charge on any atom is -0.464 e. The summed E-state index contributed by atoms with van der Waals surface area (Å²) in [5, 5.41) is 0. The SMILES string of the molecule is CCCCCCN(CCCCCC)CCOC(=O)CCCCCCCCCN(CCC)CCCCCCCCCC(=O)OCCN(CCCCCC)CCCCCC. The van der Waals surface area contributed by atoms with Gasteiger partial charge in [-0.3, -0.25) is 19.4 Å². The zero-order valence-corrected chi connectivity index (χ0v) is 40.1. The van der Waals surface area contributed by atoms with Crippen molar-refractivity contribution in [2.24, 2.45) is 0 Å². The fourth-order valence-corrected chi connectivity index (χ4v) is 8.07. The van der Waals surface area contributed by atoms with E-state index in [1.807, 2.05) is 0 Å². The lowest BCUT2D eigenvalue weighted by Crippen LogP contribution is -2.30.